The summed E-state index contributed by atoms with van der Waals surface area (Å²) in [7, 11) is 0. The molecule has 1 aliphatic heterocycles. The van der Waals surface area contributed by atoms with Crippen molar-refractivity contribution in [2.24, 2.45) is 5.41 Å². The Kier molecular flexibility index (Phi) is 3.13. The topological polar surface area (TPSA) is 72.8 Å². The number of esters is 1. The van der Waals surface area contributed by atoms with E-state index in [4.69, 9.17) is 9.47 Å². The number of carboxylic acids is 1. The van der Waals surface area contributed by atoms with Crippen LogP contribution in [0.4, 0.5) is 0 Å². The van der Waals surface area contributed by atoms with Crippen LogP contribution < -0.4 is 4.74 Å². The Morgan fingerprint density at radius 1 is 1.17 bits per heavy atom. The second-order valence-electron chi connectivity index (χ2n) is 6.44. The SMILES string of the molecule is CC1(C(=O)O)CC1Oc1ccccc1-c1cccc2c1COC2=O. The second kappa shape index (κ2) is 5.09. The van der Waals surface area contributed by atoms with Gasteiger partial charge in [0.05, 0.1) is 5.56 Å². The van der Waals surface area contributed by atoms with E-state index in [-0.39, 0.29) is 18.7 Å². The summed E-state index contributed by atoms with van der Waals surface area (Å²) in [6.07, 6.45) is 0.149. The number of carboxylic acid groups (broad SMARTS) is 1. The van der Waals surface area contributed by atoms with Gasteiger partial charge in [0.1, 0.15) is 23.9 Å². The molecule has 1 aliphatic carbocycles. The fourth-order valence-corrected chi connectivity index (χ4v) is 3.07. The molecule has 0 amide bonds. The average molecular weight is 324 g/mol. The maximum absolute atomic E-state index is 11.8. The van der Waals surface area contributed by atoms with Gasteiger partial charge in [0.25, 0.3) is 0 Å². The molecule has 2 aromatic rings. The number of hydrogen-bond acceptors (Lipinski definition) is 4. The Labute approximate surface area is 138 Å². The molecule has 4 rings (SSSR count). The Morgan fingerprint density at radius 2 is 1.88 bits per heavy atom. The number of rotatable bonds is 4. The molecule has 0 radical (unpaired) electrons. The molecule has 2 unspecified atom stereocenters. The van der Waals surface area contributed by atoms with Crippen LogP contribution in [0.15, 0.2) is 42.5 Å². The predicted octanol–water partition coefficient (Wildman–Crippen LogP) is 3.27. The van der Waals surface area contributed by atoms with E-state index in [1.165, 1.54) is 0 Å². The first-order chi connectivity index (χ1) is 11.5. The zero-order valence-corrected chi connectivity index (χ0v) is 13.1. The van der Waals surface area contributed by atoms with Gasteiger partial charge >= 0.3 is 11.9 Å². The van der Waals surface area contributed by atoms with Crippen molar-refractivity contribution < 1.29 is 24.2 Å². The highest BCUT2D eigenvalue weighted by Crippen LogP contribution is 2.49. The van der Waals surface area contributed by atoms with Crippen molar-refractivity contribution in [1.29, 1.82) is 0 Å². The lowest BCUT2D eigenvalue weighted by atomic mass is 9.96. The van der Waals surface area contributed by atoms with Crippen LogP contribution in [0.25, 0.3) is 11.1 Å². The van der Waals surface area contributed by atoms with Crippen LogP contribution in [0.2, 0.25) is 0 Å². The smallest absolute Gasteiger partial charge is 0.338 e. The van der Waals surface area contributed by atoms with E-state index in [9.17, 15) is 14.7 Å². The number of fused-ring (bicyclic) bond motifs is 1. The Balaban J connectivity index is 1.72. The lowest BCUT2D eigenvalue weighted by Gasteiger charge is -2.14. The molecule has 24 heavy (non-hydrogen) atoms. The van der Waals surface area contributed by atoms with Crippen LogP contribution in [0, 0.1) is 5.41 Å². The Morgan fingerprint density at radius 3 is 2.62 bits per heavy atom. The highest BCUT2D eigenvalue weighted by molar-refractivity contribution is 5.96. The van der Waals surface area contributed by atoms with Crippen molar-refractivity contribution in [2.75, 3.05) is 0 Å². The van der Waals surface area contributed by atoms with Gasteiger partial charge < -0.3 is 14.6 Å². The minimum absolute atomic E-state index is 0.245. The Hall–Kier alpha value is -2.82. The van der Waals surface area contributed by atoms with E-state index in [0.717, 1.165) is 16.7 Å². The minimum Gasteiger partial charge on any atom is -0.489 e. The molecule has 122 valence electrons. The van der Waals surface area contributed by atoms with Gasteiger partial charge in [0.2, 0.25) is 0 Å². The largest absolute Gasteiger partial charge is 0.489 e. The molecule has 2 aromatic carbocycles. The van der Waals surface area contributed by atoms with Crippen LogP contribution >= 0.6 is 0 Å². The lowest BCUT2D eigenvalue weighted by Crippen LogP contribution is -2.18. The van der Waals surface area contributed by atoms with Crippen LogP contribution in [-0.4, -0.2) is 23.1 Å². The quantitative estimate of drug-likeness (QED) is 0.874. The Bertz CT molecular complexity index is 857. The molecule has 0 spiro atoms. The van der Waals surface area contributed by atoms with Crippen molar-refractivity contribution in [3.63, 3.8) is 0 Å². The molecular formula is C19H16O5. The van der Waals surface area contributed by atoms with Crippen LogP contribution in [0.3, 0.4) is 0 Å². The summed E-state index contributed by atoms with van der Waals surface area (Å²) in [5.74, 6) is -0.532. The monoisotopic (exact) mass is 324 g/mol. The van der Waals surface area contributed by atoms with E-state index in [1.807, 2.05) is 36.4 Å². The standard InChI is InChI=1S/C19H16O5/c1-19(18(21)22)9-16(19)24-15-8-3-2-5-12(15)11-6-4-7-13-14(11)10-23-17(13)20/h2-8,16H,9-10H2,1H3,(H,21,22). The van der Waals surface area contributed by atoms with Gasteiger partial charge in [-0.1, -0.05) is 30.3 Å². The highest BCUT2D eigenvalue weighted by Gasteiger charge is 2.59. The van der Waals surface area contributed by atoms with Crippen molar-refractivity contribution in [3.8, 4) is 16.9 Å². The van der Waals surface area contributed by atoms with Crippen LogP contribution in [-0.2, 0) is 16.1 Å². The first kappa shape index (κ1) is 14.8. The minimum atomic E-state index is -0.843. The summed E-state index contributed by atoms with van der Waals surface area (Å²) in [4.78, 5) is 23.1. The van der Waals surface area contributed by atoms with Crippen molar-refractivity contribution in [1.82, 2.24) is 0 Å². The summed E-state index contributed by atoms with van der Waals surface area (Å²) < 4.78 is 11.1. The summed E-state index contributed by atoms with van der Waals surface area (Å²) in [6, 6.07) is 13.0. The first-order valence-electron chi connectivity index (χ1n) is 7.79. The normalized spacial score (nSPS) is 24.2. The molecular weight excluding hydrogens is 308 g/mol. The van der Waals surface area contributed by atoms with E-state index in [2.05, 4.69) is 0 Å². The number of benzene rings is 2. The number of hydrogen-bond donors (Lipinski definition) is 1. The summed E-state index contributed by atoms with van der Waals surface area (Å²) >= 11 is 0. The highest BCUT2D eigenvalue weighted by atomic mass is 16.5. The van der Waals surface area contributed by atoms with Gasteiger partial charge in [0.15, 0.2) is 0 Å². The maximum Gasteiger partial charge on any atom is 0.338 e. The summed E-state index contributed by atoms with van der Waals surface area (Å²) in [5.41, 5.74) is 2.31. The number of cyclic esters (lactones) is 1. The zero-order valence-electron chi connectivity index (χ0n) is 13.1. The van der Waals surface area contributed by atoms with Crippen molar-refractivity contribution in [2.45, 2.75) is 26.1 Å². The number of ether oxygens (including phenoxy) is 2. The lowest BCUT2D eigenvalue weighted by molar-refractivity contribution is -0.143. The molecule has 1 saturated carbocycles. The molecule has 2 aliphatic rings. The van der Waals surface area contributed by atoms with Gasteiger partial charge in [-0.05, 0) is 24.6 Å². The molecule has 1 heterocycles. The molecule has 0 aromatic heterocycles. The average Bonchev–Trinajstić information content (AvgIpc) is 3.08. The number of para-hydroxylation sites is 1. The predicted molar refractivity (Wildman–Crippen MR) is 85.8 cm³/mol. The molecule has 0 bridgehead atoms. The third-order valence-electron chi connectivity index (χ3n) is 4.84. The second-order valence-corrected chi connectivity index (χ2v) is 6.44. The van der Waals surface area contributed by atoms with E-state index in [0.29, 0.717) is 17.7 Å². The van der Waals surface area contributed by atoms with E-state index >= 15 is 0 Å². The van der Waals surface area contributed by atoms with Crippen molar-refractivity contribution >= 4 is 11.9 Å². The van der Waals surface area contributed by atoms with E-state index in [1.54, 1.807) is 13.0 Å². The molecule has 2 atom stereocenters. The van der Waals surface area contributed by atoms with Gasteiger partial charge in [-0.2, -0.15) is 0 Å². The summed E-state index contributed by atoms with van der Waals surface area (Å²) in [6.45, 7) is 1.93. The van der Waals surface area contributed by atoms with Gasteiger partial charge in [-0.15, -0.1) is 0 Å². The first-order valence-corrected chi connectivity index (χ1v) is 7.79. The zero-order chi connectivity index (χ0) is 16.9. The fraction of sp³-hybridized carbons (Fsp3) is 0.263. The van der Waals surface area contributed by atoms with E-state index < -0.39 is 11.4 Å². The van der Waals surface area contributed by atoms with Crippen LogP contribution in [0.1, 0.15) is 29.3 Å². The molecule has 5 nitrogen and oxygen atoms in total. The fourth-order valence-electron chi connectivity index (χ4n) is 3.07. The molecule has 1 fully saturated rings. The number of aliphatic carboxylic acids is 1. The number of carbonyl (C=O) groups excluding carboxylic acids is 1. The maximum atomic E-state index is 11.8. The van der Waals surface area contributed by atoms with Crippen molar-refractivity contribution in [3.05, 3.63) is 53.6 Å². The van der Waals surface area contributed by atoms with Gasteiger partial charge in [-0.3, -0.25) is 4.79 Å². The third-order valence-corrected chi connectivity index (χ3v) is 4.84. The van der Waals surface area contributed by atoms with Gasteiger partial charge in [0, 0.05) is 17.5 Å². The molecule has 5 heteroatoms. The summed E-state index contributed by atoms with van der Waals surface area (Å²) in [5, 5.41) is 9.27. The molecule has 0 saturated heterocycles. The van der Waals surface area contributed by atoms with Gasteiger partial charge in [-0.25, -0.2) is 4.79 Å². The number of carbonyl (C=O) groups is 2. The van der Waals surface area contributed by atoms with Crippen LogP contribution in [0.5, 0.6) is 5.75 Å². The third kappa shape index (κ3) is 2.16. The molecule has 1 N–H and O–H groups in total.